The molecule has 0 aliphatic rings. The third-order valence-corrected chi connectivity index (χ3v) is 13.0. The van der Waals surface area contributed by atoms with Gasteiger partial charge in [-0.1, -0.05) is 158 Å². The second-order valence-electron chi connectivity index (χ2n) is 16.7. The van der Waals surface area contributed by atoms with Crippen LogP contribution in [0, 0.1) is 0 Å². The molecule has 4 heterocycles. The van der Waals surface area contributed by atoms with Crippen LogP contribution in [0.15, 0.2) is 215 Å². The molecule has 0 bridgehead atoms. The summed E-state index contributed by atoms with van der Waals surface area (Å²) in [6.45, 7) is 0. The lowest BCUT2D eigenvalue weighted by molar-refractivity contribution is 0.668. The van der Waals surface area contributed by atoms with Crippen molar-refractivity contribution in [2.75, 3.05) is 0 Å². The molecule has 0 aliphatic heterocycles. The lowest BCUT2D eigenvalue weighted by Crippen LogP contribution is -2.04. The molecule has 0 atom stereocenters. The average Bonchev–Trinajstić information content (AvgIpc) is 4.04. The Bertz CT molecular complexity index is 4240. The predicted octanol–water partition coefficient (Wildman–Crippen LogP) is 15.7. The maximum absolute atomic E-state index is 6.66. The van der Waals surface area contributed by atoms with Gasteiger partial charge in [-0.3, -0.25) is 0 Å². The van der Waals surface area contributed by atoms with Crippen molar-refractivity contribution in [3.05, 3.63) is 206 Å². The van der Waals surface area contributed by atoms with Gasteiger partial charge in [0.05, 0.1) is 16.7 Å². The van der Waals surface area contributed by atoms with Gasteiger partial charge >= 0.3 is 0 Å². The van der Waals surface area contributed by atoms with Gasteiger partial charge in [0, 0.05) is 49.0 Å². The van der Waals surface area contributed by atoms with Crippen molar-refractivity contribution in [2.45, 2.75) is 0 Å². The van der Waals surface area contributed by atoms with Gasteiger partial charge in [-0.05, 0) is 81.2 Å². The summed E-state index contributed by atoms with van der Waals surface area (Å²) in [4.78, 5) is 16.2. The molecule has 6 nitrogen and oxygen atoms in total. The highest BCUT2D eigenvalue weighted by Gasteiger charge is 2.24. The molecule has 0 N–H and O–H groups in total. The van der Waals surface area contributed by atoms with Gasteiger partial charge in [-0.15, -0.1) is 0 Å². The number of rotatable bonds is 5. The highest BCUT2D eigenvalue weighted by atomic mass is 16.3. The van der Waals surface area contributed by atoms with Gasteiger partial charge in [-0.2, -0.15) is 0 Å². The normalized spacial score (nSPS) is 12.0. The van der Waals surface area contributed by atoms with Crippen molar-refractivity contribution in [3.63, 3.8) is 0 Å². The molecule has 0 radical (unpaired) electrons. The zero-order chi connectivity index (χ0) is 42.6. The SMILES string of the molecule is c1ccc(-c2ccc(-c3nc(-c4cc5oc6ccccc6c5cc4-n4c5cc6ccccc6cc5c5c6ccccc6ccc54)nc(-c4cccc5oc6ccccc6c45)n3)cc2)cc1. The summed E-state index contributed by atoms with van der Waals surface area (Å²) >= 11 is 0. The Morgan fingerprint density at radius 3 is 1.72 bits per heavy atom. The fourth-order valence-electron chi connectivity index (χ4n) is 10.0. The number of hydrogen-bond donors (Lipinski definition) is 0. The Balaban J connectivity index is 1.10. The summed E-state index contributed by atoms with van der Waals surface area (Å²) in [6.07, 6.45) is 0. The van der Waals surface area contributed by atoms with Crippen LogP contribution < -0.4 is 0 Å². The monoisotopic (exact) mass is 830 g/mol. The Kier molecular flexibility index (Phi) is 7.59. The molecule has 14 aromatic rings. The quantitative estimate of drug-likeness (QED) is 0.173. The van der Waals surface area contributed by atoms with Crippen LogP contribution in [-0.4, -0.2) is 19.5 Å². The zero-order valence-electron chi connectivity index (χ0n) is 34.7. The largest absolute Gasteiger partial charge is 0.456 e. The summed E-state index contributed by atoms with van der Waals surface area (Å²) in [6, 6.07) is 72.2. The minimum atomic E-state index is 0.524. The van der Waals surface area contributed by atoms with Crippen LogP contribution in [0.1, 0.15) is 0 Å². The summed E-state index contributed by atoms with van der Waals surface area (Å²) in [5.41, 5.74) is 11.1. The number of benzene rings is 10. The molecule has 6 heteroatoms. The molecule has 0 fully saturated rings. The number of para-hydroxylation sites is 2. The van der Waals surface area contributed by atoms with E-state index >= 15 is 0 Å². The number of fused-ring (bicyclic) bond motifs is 12. The maximum Gasteiger partial charge on any atom is 0.166 e. The fourth-order valence-corrected chi connectivity index (χ4v) is 10.0. The summed E-state index contributed by atoms with van der Waals surface area (Å²) in [5, 5.41) is 11.1. The highest BCUT2D eigenvalue weighted by Crippen LogP contribution is 2.44. The first kappa shape index (κ1) is 35.7. The topological polar surface area (TPSA) is 69.9 Å². The van der Waals surface area contributed by atoms with E-state index in [1.54, 1.807) is 0 Å². The molecule has 0 spiro atoms. The fraction of sp³-hybridized carbons (Fsp3) is 0. The Morgan fingerprint density at radius 1 is 0.308 bits per heavy atom. The van der Waals surface area contributed by atoms with Gasteiger partial charge < -0.3 is 13.4 Å². The number of nitrogens with zero attached hydrogens (tertiary/aromatic N) is 4. The third-order valence-electron chi connectivity index (χ3n) is 13.0. The molecule has 0 aliphatic carbocycles. The van der Waals surface area contributed by atoms with Crippen LogP contribution in [-0.2, 0) is 0 Å². The predicted molar refractivity (Wildman–Crippen MR) is 265 cm³/mol. The van der Waals surface area contributed by atoms with E-state index in [-0.39, 0.29) is 0 Å². The van der Waals surface area contributed by atoms with E-state index in [0.29, 0.717) is 17.5 Å². The number of furan rings is 2. The molecular formula is C59H34N4O2. The molecule has 0 saturated carbocycles. The molecule has 0 amide bonds. The summed E-state index contributed by atoms with van der Waals surface area (Å²) < 4.78 is 15.5. The van der Waals surface area contributed by atoms with E-state index in [2.05, 4.69) is 162 Å². The van der Waals surface area contributed by atoms with E-state index in [9.17, 15) is 0 Å². The van der Waals surface area contributed by atoms with Crippen LogP contribution in [0.5, 0.6) is 0 Å². The van der Waals surface area contributed by atoms with Crippen molar-refractivity contribution in [2.24, 2.45) is 0 Å². The number of hydrogen-bond acceptors (Lipinski definition) is 5. The van der Waals surface area contributed by atoms with Crippen LogP contribution in [0.4, 0.5) is 0 Å². The van der Waals surface area contributed by atoms with Crippen LogP contribution in [0.25, 0.3) is 138 Å². The van der Waals surface area contributed by atoms with Gasteiger partial charge in [0.15, 0.2) is 17.5 Å². The van der Waals surface area contributed by atoms with Gasteiger partial charge in [0.25, 0.3) is 0 Å². The average molecular weight is 831 g/mol. The van der Waals surface area contributed by atoms with Crippen LogP contribution in [0.2, 0.25) is 0 Å². The standard InChI is InChI=1S/C59H34N4O2/c1-2-13-35(14-3-1)36-25-27-38(28-26-36)57-60-58(44-21-12-24-53-56(44)43-20-9-11-23-52(43)64-53)62-59(61-57)47-34-54-45(42-19-8-10-22-51(42)65-54)33-50(47)63-48-30-29-37-15-6-7-18-41(37)55(48)46-31-39-16-4-5-17-40(39)32-49(46)63/h1-34H. The van der Waals surface area contributed by atoms with Crippen molar-refractivity contribution in [3.8, 4) is 51.0 Å². The second-order valence-corrected chi connectivity index (χ2v) is 16.7. The van der Waals surface area contributed by atoms with Gasteiger partial charge in [0.1, 0.15) is 22.3 Å². The molecular weight excluding hydrogens is 797 g/mol. The van der Waals surface area contributed by atoms with Gasteiger partial charge in [-0.25, -0.2) is 15.0 Å². The molecule has 0 unspecified atom stereocenters. The first-order valence-electron chi connectivity index (χ1n) is 21.8. The molecule has 14 rings (SSSR count). The molecule has 302 valence electrons. The van der Waals surface area contributed by atoms with Crippen molar-refractivity contribution < 1.29 is 8.83 Å². The van der Waals surface area contributed by atoms with E-state index in [0.717, 1.165) is 93.8 Å². The smallest absolute Gasteiger partial charge is 0.166 e. The van der Waals surface area contributed by atoms with Crippen molar-refractivity contribution in [1.29, 1.82) is 0 Å². The summed E-state index contributed by atoms with van der Waals surface area (Å²) in [5.74, 6) is 1.63. The first-order valence-corrected chi connectivity index (χ1v) is 21.8. The van der Waals surface area contributed by atoms with Crippen LogP contribution in [0.3, 0.4) is 0 Å². The number of aromatic nitrogens is 4. The molecule has 10 aromatic carbocycles. The molecule has 65 heavy (non-hydrogen) atoms. The van der Waals surface area contributed by atoms with E-state index in [4.69, 9.17) is 23.8 Å². The van der Waals surface area contributed by atoms with E-state index in [1.165, 1.54) is 26.9 Å². The van der Waals surface area contributed by atoms with Crippen LogP contribution >= 0.6 is 0 Å². The third kappa shape index (κ3) is 5.51. The minimum Gasteiger partial charge on any atom is -0.456 e. The van der Waals surface area contributed by atoms with Gasteiger partial charge in [0.2, 0.25) is 0 Å². The second kappa shape index (κ2) is 13.8. The zero-order valence-corrected chi connectivity index (χ0v) is 34.7. The van der Waals surface area contributed by atoms with E-state index < -0.39 is 0 Å². The molecule has 4 aromatic heterocycles. The minimum absolute atomic E-state index is 0.524. The van der Waals surface area contributed by atoms with E-state index in [1.807, 2.05) is 48.5 Å². The maximum atomic E-state index is 6.66. The Hall–Kier alpha value is -8.87. The first-order chi connectivity index (χ1) is 32.2. The summed E-state index contributed by atoms with van der Waals surface area (Å²) in [7, 11) is 0. The lowest BCUT2D eigenvalue weighted by atomic mass is 10.0. The van der Waals surface area contributed by atoms with Crippen molar-refractivity contribution >= 4 is 87.2 Å². The Morgan fingerprint density at radius 2 is 0.908 bits per heavy atom. The Labute approximate surface area is 371 Å². The lowest BCUT2D eigenvalue weighted by Gasteiger charge is -2.16. The van der Waals surface area contributed by atoms with Crippen molar-refractivity contribution in [1.82, 2.24) is 19.5 Å². The highest BCUT2D eigenvalue weighted by molar-refractivity contribution is 6.24. The molecule has 0 saturated heterocycles.